The standard InChI is InChI=1S/C21H33FO2/c1-14(23)24-16-8-10-20(3)15(13-16)6-7-18-17-5-4-9-19(17,2)11-12-21(18,20)22/h15-18H,4-13H2,1-3H3/t15-,16+,17-,18-,19-,20-,21+/m0/s1. The van der Waals surface area contributed by atoms with Crippen LogP contribution in [0.3, 0.4) is 0 Å². The molecule has 4 rings (SSSR count). The van der Waals surface area contributed by atoms with Crippen molar-refractivity contribution < 1.29 is 13.9 Å². The van der Waals surface area contributed by atoms with Gasteiger partial charge >= 0.3 is 5.97 Å². The lowest BCUT2D eigenvalue weighted by molar-refractivity contribution is -0.202. The molecule has 0 unspecified atom stereocenters. The van der Waals surface area contributed by atoms with Gasteiger partial charge in [0.1, 0.15) is 11.8 Å². The summed E-state index contributed by atoms with van der Waals surface area (Å²) in [6.45, 7) is 6.14. The number of rotatable bonds is 1. The molecule has 4 aliphatic rings. The predicted octanol–water partition coefficient (Wildman–Crippen LogP) is 5.44. The number of ether oxygens (including phenoxy) is 1. The number of esters is 1. The largest absolute Gasteiger partial charge is 0.463 e. The fraction of sp³-hybridized carbons (Fsp3) is 0.952. The third-order valence-corrected chi connectivity index (χ3v) is 8.83. The van der Waals surface area contributed by atoms with Gasteiger partial charge in [0.2, 0.25) is 0 Å². The molecule has 0 spiro atoms. The second-order valence-electron chi connectivity index (χ2n) is 9.82. The molecule has 24 heavy (non-hydrogen) atoms. The lowest BCUT2D eigenvalue weighted by Crippen LogP contribution is -2.63. The number of hydrogen-bond donors (Lipinski definition) is 0. The van der Waals surface area contributed by atoms with Crippen LogP contribution >= 0.6 is 0 Å². The van der Waals surface area contributed by atoms with Crippen molar-refractivity contribution in [2.24, 2.45) is 28.6 Å². The van der Waals surface area contributed by atoms with Crippen LogP contribution in [0.25, 0.3) is 0 Å². The quantitative estimate of drug-likeness (QED) is 0.596. The van der Waals surface area contributed by atoms with Crippen molar-refractivity contribution in [3.63, 3.8) is 0 Å². The Kier molecular flexibility index (Phi) is 3.82. The fourth-order valence-electron chi connectivity index (χ4n) is 7.43. The summed E-state index contributed by atoms with van der Waals surface area (Å²) in [7, 11) is 0. The maximum atomic E-state index is 16.6. The lowest BCUT2D eigenvalue weighted by atomic mass is 9.43. The highest BCUT2D eigenvalue weighted by atomic mass is 19.1. The molecule has 0 saturated heterocycles. The van der Waals surface area contributed by atoms with Crippen LogP contribution in [0.5, 0.6) is 0 Å². The monoisotopic (exact) mass is 336 g/mol. The normalized spacial score (nSPS) is 53.7. The highest BCUT2D eigenvalue weighted by Gasteiger charge is 2.66. The van der Waals surface area contributed by atoms with Gasteiger partial charge in [0.05, 0.1) is 0 Å². The van der Waals surface area contributed by atoms with E-state index in [1.165, 1.54) is 26.2 Å². The van der Waals surface area contributed by atoms with Gasteiger partial charge in [-0.2, -0.15) is 0 Å². The topological polar surface area (TPSA) is 26.3 Å². The third-order valence-electron chi connectivity index (χ3n) is 8.83. The highest BCUT2D eigenvalue weighted by Crippen LogP contribution is 2.69. The molecule has 4 aliphatic carbocycles. The predicted molar refractivity (Wildman–Crippen MR) is 92.2 cm³/mol. The first kappa shape index (κ1) is 16.8. The van der Waals surface area contributed by atoms with Crippen molar-refractivity contribution >= 4 is 5.97 Å². The first-order valence-electron chi connectivity index (χ1n) is 10.1. The molecule has 136 valence electrons. The van der Waals surface area contributed by atoms with E-state index in [4.69, 9.17) is 4.74 Å². The number of carbonyl (C=O) groups excluding carboxylic acids is 1. The van der Waals surface area contributed by atoms with Gasteiger partial charge in [0, 0.05) is 12.3 Å². The summed E-state index contributed by atoms with van der Waals surface area (Å²) in [5.74, 6) is 1.06. The van der Waals surface area contributed by atoms with Crippen LogP contribution in [0.2, 0.25) is 0 Å². The van der Waals surface area contributed by atoms with Crippen molar-refractivity contribution in [1.29, 1.82) is 0 Å². The van der Waals surface area contributed by atoms with Crippen molar-refractivity contribution in [3.8, 4) is 0 Å². The van der Waals surface area contributed by atoms with Crippen molar-refractivity contribution in [1.82, 2.24) is 0 Å². The minimum Gasteiger partial charge on any atom is -0.463 e. The van der Waals surface area contributed by atoms with E-state index in [1.54, 1.807) is 0 Å². The number of halogens is 1. The minimum absolute atomic E-state index is 0.0149. The maximum absolute atomic E-state index is 16.6. The summed E-state index contributed by atoms with van der Waals surface area (Å²) < 4.78 is 22.1. The van der Waals surface area contributed by atoms with E-state index in [0.717, 1.165) is 44.9 Å². The van der Waals surface area contributed by atoms with Crippen LogP contribution in [0.1, 0.15) is 85.0 Å². The molecular weight excluding hydrogens is 303 g/mol. The highest BCUT2D eigenvalue weighted by molar-refractivity contribution is 5.66. The lowest BCUT2D eigenvalue weighted by Gasteiger charge is -2.63. The van der Waals surface area contributed by atoms with Gasteiger partial charge in [-0.3, -0.25) is 4.79 Å². The molecule has 4 fully saturated rings. The van der Waals surface area contributed by atoms with Gasteiger partial charge in [0.15, 0.2) is 0 Å². The molecule has 4 saturated carbocycles. The van der Waals surface area contributed by atoms with E-state index >= 15 is 4.39 Å². The summed E-state index contributed by atoms with van der Waals surface area (Å²) in [6, 6.07) is 0. The molecule has 0 N–H and O–H groups in total. The summed E-state index contributed by atoms with van der Waals surface area (Å²) in [4.78, 5) is 11.3. The van der Waals surface area contributed by atoms with Crippen molar-refractivity contribution in [3.05, 3.63) is 0 Å². The zero-order valence-corrected chi connectivity index (χ0v) is 15.6. The Morgan fingerprint density at radius 3 is 2.54 bits per heavy atom. The average Bonchev–Trinajstić information content (AvgIpc) is 2.90. The Bertz CT molecular complexity index is 534. The van der Waals surface area contributed by atoms with E-state index in [0.29, 0.717) is 17.3 Å². The molecule has 0 heterocycles. The van der Waals surface area contributed by atoms with Crippen molar-refractivity contribution in [2.75, 3.05) is 0 Å². The second kappa shape index (κ2) is 5.45. The van der Waals surface area contributed by atoms with Crippen LogP contribution in [-0.4, -0.2) is 17.7 Å². The van der Waals surface area contributed by atoms with Crippen LogP contribution in [0.4, 0.5) is 4.39 Å². The maximum Gasteiger partial charge on any atom is 0.302 e. The van der Waals surface area contributed by atoms with Crippen LogP contribution in [-0.2, 0) is 9.53 Å². The molecular formula is C21H33FO2. The zero-order valence-electron chi connectivity index (χ0n) is 15.6. The van der Waals surface area contributed by atoms with E-state index in [9.17, 15) is 4.79 Å². The molecule has 0 aromatic carbocycles. The number of fused-ring (bicyclic) bond motifs is 5. The van der Waals surface area contributed by atoms with Crippen molar-refractivity contribution in [2.45, 2.75) is 96.8 Å². The summed E-state index contributed by atoms with van der Waals surface area (Å²) >= 11 is 0. The molecule has 0 amide bonds. The zero-order chi connectivity index (χ0) is 17.2. The van der Waals surface area contributed by atoms with Gasteiger partial charge in [-0.05, 0) is 81.0 Å². The SMILES string of the molecule is CC(=O)O[C@@H]1CC[C@@]2(C)[C@@H](CC[C@H]3[C@@H]4CCC[C@@]4(C)CC[C@@]32F)C1. The van der Waals surface area contributed by atoms with Gasteiger partial charge < -0.3 is 4.74 Å². The molecule has 0 aliphatic heterocycles. The van der Waals surface area contributed by atoms with Gasteiger partial charge in [-0.1, -0.05) is 20.3 Å². The Labute approximate surface area is 145 Å². The average molecular weight is 336 g/mol. The van der Waals surface area contributed by atoms with Gasteiger partial charge in [-0.15, -0.1) is 0 Å². The van der Waals surface area contributed by atoms with E-state index in [2.05, 4.69) is 13.8 Å². The summed E-state index contributed by atoms with van der Waals surface area (Å²) in [5, 5.41) is 0. The van der Waals surface area contributed by atoms with Crippen LogP contribution < -0.4 is 0 Å². The Balaban J connectivity index is 1.59. The number of carbonyl (C=O) groups is 1. The molecule has 2 nitrogen and oxygen atoms in total. The Morgan fingerprint density at radius 1 is 1.00 bits per heavy atom. The Morgan fingerprint density at radius 2 is 1.79 bits per heavy atom. The minimum atomic E-state index is -0.994. The first-order chi connectivity index (χ1) is 11.3. The molecule has 7 atom stereocenters. The van der Waals surface area contributed by atoms with Gasteiger partial charge in [0.25, 0.3) is 0 Å². The molecule has 0 aromatic heterocycles. The summed E-state index contributed by atoms with van der Waals surface area (Å²) in [5.41, 5.74) is -0.805. The summed E-state index contributed by atoms with van der Waals surface area (Å²) in [6.07, 6.45) is 10.4. The van der Waals surface area contributed by atoms with Gasteiger partial charge in [-0.25, -0.2) is 4.39 Å². The number of alkyl halides is 1. The van der Waals surface area contributed by atoms with E-state index < -0.39 is 5.67 Å². The van der Waals surface area contributed by atoms with Crippen LogP contribution in [0.15, 0.2) is 0 Å². The second-order valence-corrected chi connectivity index (χ2v) is 9.82. The molecule has 0 bridgehead atoms. The van der Waals surface area contributed by atoms with Crippen LogP contribution in [0, 0.1) is 28.6 Å². The first-order valence-corrected chi connectivity index (χ1v) is 10.1. The van der Waals surface area contributed by atoms with E-state index in [-0.39, 0.29) is 23.4 Å². The molecule has 3 heteroatoms. The molecule has 0 aromatic rings. The van der Waals surface area contributed by atoms with E-state index in [1.807, 2.05) is 0 Å². The third kappa shape index (κ3) is 2.22. The Hall–Kier alpha value is -0.600. The molecule has 0 radical (unpaired) electrons. The number of hydrogen-bond acceptors (Lipinski definition) is 2. The smallest absolute Gasteiger partial charge is 0.302 e. The fourth-order valence-corrected chi connectivity index (χ4v) is 7.43.